The highest BCUT2D eigenvalue weighted by Crippen LogP contribution is 2.15. The molecule has 1 aliphatic rings. The Bertz CT molecular complexity index is 440. The molecule has 1 saturated heterocycles. The summed E-state index contributed by atoms with van der Waals surface area (Å²) in [6, 6.07) is 1.70. The Labute approximate surface area is 104 Å². The maximum Gasteiger partial charge on any atom is 0.345 e. The van der Waals surface area contributed by atoms with E-state index in [1.54, 1.807) is 6.07 Å². The number of hydrogen-bond donors (Lipinski definition) is 1. The van der Waals surface area contributed by atoms with Gasteiger partial charge in [-0.1, -0.05) is 11.8 Å². The molecule has 2 rings (SSSR count). The summed E-state index contributed by atoms with van der Waals surface area (Å²) in [7, 11) is 0. The first kappa shape index (κ1) is 12.2. The van der Waals surface area contributed by atoms with Gasteiger partial charge in [0.15, 0.2) is 0 Å². The van der Waals surface area contributed by atoms with Crippen LogP contribution in [0.4, 0.5) is 0 Å². The summed E-state index contributed by atoms with van der Waals surface area (Å²) < 4.78 is 0. The van der Waals surface area contributed by atoms with Gasteiger partial charge in [-0.2, -0.15) is 0 Å². The Balaban J connectivity index is 1.85. The number of likely N-dealkylation sites (tertiary alicyclic amines) is 1. The van der Waals surface area contributed by atoms with Crippen LogP contribution in [0.5, 0.6) is 0 Å². The molecule has 5 nitrogen and oxygen atoms in total. The van der Waals surface area contributed by atoms with Gasteiger partial charge in [-0.05, 0) is 25.3 Å². The minimum atomic E-state index is -0.375. The molecular formula is C11H15N3O2S. The zero-order chi connectivity index (χ0) is 12.1. The molecule has 0 bridgehead atoms. The molecule has 1 aliphatic heterocycles. The summed E-state index contributed by atoms with van der Waals surface area (Å²) in [5, 5.41) is 0.690. The Morgan fingerprint density at radius 3 is 2.88 bits per heavy atom. The highest BCUT2D eigenvalue weighted by atomic mass is 32.2. The molecule has 1 aromatic rings. The van der Waals surface area contributed by atoms with Crippen molar-refractivity contribution in [2.24, 2.45) is 0 Å². The summed E-state index contributed by atoms with van der Waals surface area (Å²) in [5.74, 6) is 0.521. The molecule has 0 saturated carbocycles. The molecule has 17 heavy (non-hydrogen) atoms. The second-order valence-electron chi connectivity index (χ2n) is 3.97. The predicted octanol–water partition coefficient (Wildman–Crippen LogP) is 0.875. The van der Waals surface area contributed by atoms with E-state index in [-0.39, 0.29) is 11.6 Å². The molecule has 1 fully saturated rings. The van der Waals surface area contributed by atoms with E-state index in [9.17, 15) is 9.59 Å². The lowest BCUT2D eigenvalue weighted by atomic mass is 10.1. The van der Waals surface area contributed by atoms with Crippen LogP contribution in [-0.2, 0) is 4.79 Å². The molecule has 1 aromatic heterocycles. The van der Waals surface area contributed by atoms with Gasteiger partial charge in [-0.15, -0.1) is 0 Å². The summed E-state index contributed by atoms with van der Waals surface area (Å²) in [6.07, 6.45) is 4.87. The third-order valence-electron chi connectivity index (χ3n) is 2.71. The predicted molar refractivity (Wildman–Crippen MR) is 66.0 cm³/mol. The number of carbonyl (C=O) groups excluding carboxylic acids is 1. The normalized spacial score (nSPS) is 15.9. The Morgan fingerprint density at radius 2 is 2.18 bits per heavy atom. The van der Waals surface area contributed by atoms with Crippen molar-refractivity contribution in [3.05, 3.63) is 22.7 Å². The molecule has 0 aromatic carbocycles. The van der Waals surface area contributed by atoms with Crippen molar-refractivity contribution in [2.45, 2.75) is 24.3 Å². The molecule has 0 unspecified atom stereocenters. The number of aromatic nitrogens is 2. The number of H-pyrrole nitrogens is 1. The second-order valence-corrected chi connectivity index (χ2v) is 4.99. The Hall–Kier alpha value is -1.30. The third-order valence-corrected chi connectivity index (χ3v) is 3.65. The zero-order valence-electron chi connectivity index (χ0n) is 9.52. The van der Waals surface area contributed by atoms with Crippen LogP contribution in [0.3, 0.4) is 0 Å². The Morgan fingerprint density at radius 1 is 1.41 bits per heavy atom. The van der Waals surface area contributed by atoms with Gasteiger partial charge in [0.05, 0.1) is 10.8 Å². The Kier molecular flexibility index (Phi) is 4.19. The molecule has 6 heteroatoms. The first-order chi connectivity index (χ1) is 8.25. The molecule has 2 heterocycles. The molecular weight excluding hydrogens is 238 g/mol. The standard InChI is InChI=1S/C11H15N3O2S/c15-10(14-6-2-1-3-7-14)8-17-9-4-5-12-11(16)13-9/h4-5H,1-3,6-8H2,(H,12,13,16). The number of piperidine rings is 1. The van der Waals surface area contributed by atoms with Crippen molar-refractivity contribution >= 4 is 17.7 Å². The number of nitrogens with zero attached hydrogens (tertiary/aromatic N) is 2. The number of carbonyl (C=O) groups is 1. The van der Waals surface area contributed by atoms with E-state index < -0.39 is 0 Å². The van der Waals surface area contributed by atoms with Gasteiger partial charge in [0.1, 0.15) is 0 Å². The first-order valence-corrected chi connectivity index (χ1v) is 6.70. The third kappa shape index (κ3) is 3.59. The number of rotatable bonds is 3. The highest BCUT2D eigenvalue weighted by Gasteiger charge is 2.16. The molecule has 0 atom stereocenters. The zero-order valence-corrected chi connectivity index (χ0v) is 10.3. The monoisotopic (exact) mass is 253 g/mol. The SMILES string of the molecule is O=C(CSc1ccnc(=O)[nH]1)N1CCCCC1. The highest BCUT2D eigenvalue weighted by molar-refractivity contribution is 7.99. The summed E-state index contributed by atoms with van der Waals surface area (Å²) in [5.41, 5.74) is -0.375. The lowest BCUT2D eigenvalue weighted by Crippen LogP contribution is -2.36. The average Bonchev–Trinajstić information content (AvgIpc) is 2.37. The number of nitrogens with one attached hydrogen (secondary N) is 1. The number of aromatic amines is 1. The minimum Gasteiger partial charge on any atom is -0.342 e. The fraction of sp³-hybridized carbons (Fsp3) is 0.545. The largest absolute Gasteiger partial charge is 0.345 e. The van der Waals surface area contributed by atoms with Crippen LogP contribution in [0.15, 0.2) is 22.1 Å². The van der Waals surface area contributed by atoms with Crippen LogP contribution in [0.2, 0.25) is 0 Å². The van der Waals surface area contributed by atoms with E-state index >= 15 is 0 Å². The van der Waals surface area contributed by atoms with Crippen LogP contribution >= 0.6 is 11.8 Å². The van der Waals surface area contributed by atoms with Gasteiger partial charge in [-0.3, -0.25) is 4.79 Å². The molecule has 92 valence electrons. The van der Waals surface area contributed by atoms with E-state index in [1.807, 2.05) is 4.90 Å². The van der Waals surface area contributed by atoms with Crippen molar-refractivity contribution in [3.63, 3.8) is 0 Å². The van der Waals surface area contributed by atoms with Crippen molar-refractivity contribution in [3.8, 4) is 0 Å². The topological polar surface area (TPSA) is 66.1 Å². The molecule has 0 spiro atoms. The first-order valence-electron chi connectivity index (χ1n) is 5.71. The van der Waals surface area contributed by atoms with Crippen molar-refractivity contribution in [1.29, 1.82) is 0 Å². The van der Waals surface area contributed by atoms with E-state index in [2.05, 4.69) is 9.97 Å². The average molecular weight is 253 g/mol. The van der Waals surface area contributed by atoms with Crippen LogP contribution in [0, 0.1) is 0 Å². The van der Waals surface area contributed by atoms with Crippen LogP contribution in [-0.4, -0.2) is 39.6 Å². The fourth-order valence-corrected chi connectivity index (χ4v) is 2.59. The maximum atomic E-state index is 11.9. The van der Waals surface area contributed by atoms with Crippen LogP contribution in [0.1, 0.15) is 19.3 Å². The van der Waals surface area contributed by atoms with Crippen LogP contribution < -0.4 is 5.69 Å². The van der Waals surface area contributed by atoms with E-state index in [0.717, 1.165) is 25.9 Å². The van der Waals surface area contributed by atoms with Gasteiger partial charge in [0, 0.05) is 19.3 Å². The van der Waals surface area contributed by atoms with Gasteiger partial charge in [0.2, 0.25) is 5.91 Å². The fourth-order valence-electron chi connectivity index (χ4n) is 1.81. The summed E-state index contributed by atoms with van der Waals surface area (Å²) >= 11 is 1.35. The molecule has 1 N–H and O–H groups in total. The van der Waals surface area contributed by atoms with Gasteiger partial charge >= 0.3 is 5.69 Å². The molecule has 0 aliphatic carbocycles. The van der Waals surface area contributed by atoms with Crippen molar-refractivity contribution in [2.75, 3.05) is 18.8 Å². The summed E-state index contributed by atoms with van der Waals surface area (Å²) in [6.45, 7) is 1.73. The van der Waals surface area contributed by atoms with Crippen molar-refractivity contribution in [1.82, 2.24) is 14.9 Å². The maximum absolute atomic E-state index is 11.9. The number of hydrogen-bond acceptors (Lipinski definition) is 4. The van der Waals surface area contributed by atoms with Crippen molar-refractivity contribution < 1.29 is 4.79 Å². The molecule has 0 radical (unpaired) electrons. The van der Waals surface area contributed by atoms with Crippen LogP contribution in [0.25, 0.3) is 0 Å². The second kappa shape index (κ2) is 5.86. The quantitative estimate of drug-likeness (QED) is 0.641. The van der Waals surface area contributed by atoms with Gasteiger partial charge < -0.3 is 9.88 Å². The summed E-state index contributed by atoms with van der Waals surface area (Å²) in [4.78, 5) is 30.8. The lowest BCUT2D eigenvalue weighted by Gasteiger charge is -2.26. The smallest absolute Gasteiger partial charge is 0.342 e. The number of thioether (sulfide) groups is 1. The van der Waals surface area contributed by atoms with Gasteiger partial charge in [0.25, 0.3) is 0 Å². The number of amides is 1. The van der Waals surface area contributed by atoms with E-state index in [1.165, 1.54) is 24.4 Å². The lowest BCUT2D eigenvalue weighted by molar-refractivity contribution is -0.129. The van der Waals surface area contributed by atoms with E-state index in [4.69, 9.17) is 0 Å². The van der Waals surface area contributed by atoms with Gasteiger partial charge in [-0.25, -0.2) is 9.78 Å². The molecule has 1 amide bonds. The van der Waals surface area contributed by atoms with E-state index in [0.29, 0.717) is 10.8 Å². The minimum absolute atomic E-state index is 0.146.